The molecule has 4 rings (SSSR count). The van der Waals surface area contributed by atoms with Gasteiger partial charge < -0.3 is 9.30 Å². The normalized spacial score (nSPS) is 10.9. The third-order valence-electron chi connectivity index (χ3n) is 4.75. The van der Waals surface area contributed by atoms with Gasteiger partial charge in [0, 0.05) is 17.7 Å². The number of rotatable bonds is 4. The van der Waals surface area contributed by atoms with Crippen molar-refractivity contribution in [3.63, 3.8) is 0 Å². The molecule has 0 saturated carbocycles. The summed E-state index contributed by atoms with van der Waals surface area (Å²) in [6, 6.07) is 17.2. The van der Waals surface area contributed by atoms with Gasteiger partial charge in [-0.25, -0.2) is 18.6 Å². The molecule has 3 aromatic carbocycles. The fourth-order valence-electron chi connectivity index (χ4n) is 3.22. The molecule has 0 saturated heterocycles. The number of hydrogen-bond donors (Lipinski definition) is 0. The van der Waals surface area contributed by atoms with Crippen LogP contribution in [0.25, 0.3) is 22.3 Å². The van der Waals surface area contributed by atoms with Gasteiger partial charge in [-0.3, -0.25) is 4.79 Å². The Morgan fingerprint density at radius 3 is 2.33 bits per heavy atom. The average Bonchev–Trinajstić information content (AvgIpc) is 2.77. The van der Waals surface area contributed by atoms with E-state index < -0.39 is 23.2 Å². The summed E-state index contributed by atoms with van der Waals surface area (Å²) in [6.07, 6.45) is 0. The molecule has 0 aliphatic rings. The first-order chi connectivity index (χ1) is 14.5. The topological polar surface area (TPSA) is 61.2 Å². The van der Waals surface area contributed by atoms with Crippen LogP contribution in [0.2, 0.25) is 0 Å². The Morgan fingerprint density at radius 2 is 1.67 bits per heavy atom. The first kappa shape index (κ1) is 19.4. The van der Waals surface area contributed by atoms with Gasteiger partial charge in [-0.15, -0.1) is 0 Å². The maximum absolute atomic E-state index is 13.9. The lowest BCUT2D eigenvalue weighted by Gasteiger charge is -2.13. The van der Waals surface area contributed by atoms with Crippen molar-refractivity contribution in [1.29, 1.82) is 0 Å². The van der Waals surface area contributed by atoms with E-state index in [9.17, 15) is 18.4 Å². The van der Waals surface area contributed by atoms with Gasteiger partial charge in [-0.1, -0.05) is 42.5 Å². The zero-order valence-corrected chi connectivity index (χ0v) is 15.9. The van der Waals surface area contributed by atoms with E-state index in [1.165, 1.54) is 11.7 Å². The van der Waals surface area contributed by atoms with Gasteiger partial charge >= 0.3 is 5.97 Å². The molecule has 150 valence electrons. The van der Waals surface area contributed by atoms with Crippen LogP contribution >= 0.6 is 0 Å². The molecule has 0 bridgehead atoms. The number of carbonyl (C=O) groups excluding carboxylic acids is 1. The Hall–Kier alpha value is -3.87. The van der Waals surface area contributed by atoms with Crippen LogP contribution in [0.4, 0.5) is 8.78 Å². The fourth-order valence-corrected chi connectivity index (χ4v) is 3.22. The van der Waals surface area contributed by atoms with E-state index in [0.717, 1.165) is 12.1 Å². The minimum atomic E-state index is -1.06. The van der Waals surface area contributed by atoms with Crippen LogP contribution in [0.1, 0.15) is 15.9 Å². The van der Waals surface area contributed by atoms with Crippen molar-refractivity contribution >= 4 is 17.0 Å². The first-order valence-corrected chi connectivity index (χ1v) is 9.10. The minimum absolute atomic E-state index is 0.0875. The highest BCUT2D eigenvalue weighted by atomic mass is 19.2. The summed E-state index contributed by atoms with van der Waals surface area (Å²) in [4.78, 5) is 29.1. The second-order valence-corrected chi connectivity index (χ2v) is 6.66. The van der Waals surface area contributed by atoms with Gasteiger partial charge in [0.05, 0.1) is 30.3 Å². The van der Waals surface area contributed by atoms with Crippen molar-refractivity contribution in [1.82, 2.24) is 9.55 Å². The van der Waals surface area contributed by atoms with E-state index >= 15 is 0 Å². The number of esters is 1. The Balaban J connectivity index is 1.89. The number of nitrogens with zero attached hydrogens (tertiary/aromatic N) is 2. The largest absolute Gasteiger partial charge is 0.465 e. The maximum Gasteiger partial charge on any atom is 0.337 e. The van der Waals surface area contributed by atoms with Crippen LogP contribution in [-0.4, -0.2) is 22.6 Å². The highest BCUT2D eigenvalue weighted by Gasteiger charge is 2.16. The van der Waals surface area contributed by atoms with E-state index in [1.54, 1.807) is 54.6 Å². The number of methoxy groups -OCH3 is 1. The molecule has 0 fully saturated rings. The summed E-state index contributed by atoms with van der Waals surface area (Å²) in [7, 11) is 1.29. The molecule has 0 amide bonds. The van der Waals surface area contributed by atoms with E-state index in [0.29, 0.717) is 16.7 Å². The lowest BCUT2D eigenvalue weighted by Crippen LogP contribution is -2.24. The molecular weight excluding hydrogens is 390 g/mol. The van der Waals surface area contributed by atoms with Gasteiger partial charge in [0.15, 0.2) is 11.6 Å². The van der Waals surface area contributed by atoms with E-state index in [4.69, 9.17) is 0 Å². The number of fused-ring (bicyclic) bond motifs is 1. The molecule has 7 heteroatoms. The summed E-state index contributed by atoms with van der Waals surface area (Å²) in [6.45, 7) is 0.0875. The van der Waals surface area contributed by atoms with Crippen LogP contribution in [0.5, 0.6) is 0 Å². The third-order valence-corrected chi connectivity index (χ3v) is 4.75. The molecular formula is C23H16F2N2O3. The highest BCUT2D eigenvalue weighted by molar-refractivity contribution is 5.89. The van der Waals surface area contributed by atoms with Crippen LogP contribution in [0.3, 0.4) is 0 Å². The van der Waals surface area contributed by atoms with Crippen LogP contribution in [-0.2, 0) is 11.3 Å². The SMILES string of the molecule is COC(=O)c1ccc(Cn2c(=O)c(-c3ccccc3)nc3cc(F)c(F)cc32)cc1. The lowest BCUT2D eigenvalue weighted by molar-refractivity contribution is 0.0600. The minimum Gasteiger partial charge on any atom is -0.465 e. The number of carbonyl (C=O) groups is 1. The third kappa shape index (κ3) is 3.57. The number of halogens is 2. The molecule has 30 heavy (non-hydrogen) atoms. The predicted octanol–water partition coefficient (Wildman–Crippen LogP) is 4.18. The van der Waals surface area contributed by atoms with Crippen molar-refractivity contribution in [3.8, 4) is 11.3 Å². The molecule has 0 aliphatic carbocycles. The highest BCUT2D eigenvalue weighted by Crippen LogP contribution is 2.21. The standard InChI is InChI=1S/C23H16F2N2O3/c1-30-23(29)16-9-7-14(8-10-16)13-27-20-12-18(25)17(24)11-19(20)26-21(22(27)28)15-5-3-2-4-6-15/h2-12H,13H2,1H3. The van der Waals surface area contributed by atoms with Gasteiger partial charge in [0.25, 0.3) is 5.56 Å². The first-order valence-electron chi connectivity index (χ1n) is 9.10. The Kier molecular flexibility index (Phi) is 5.10. The summed E-state index contributed by atoms with van der Waals surface area (Å²) in [5.74, 6) is -2.58. The lowest BCUT2D eigenvalue weighted by atomic mass is 10.1. The zero-order chi connectivity index (χ0) is 21.3. The quantitative estimate of drug-likeness (QED) is 0.477. The molecule has 0 N–H and O–H groups in total. The zero-order valence-electron chi connectivity index (χ0n) is 15.9. The summed E-state index contributed by atoms with van der Waals surface area (Å²) >= 11 is 0. The Labute approximate surface area is 170 Å². The number of aromatic nitrogens is 2. The molecule has 0 spiro atoms. The average molecular weight is 406 g/mol. The number of ether oxygens (including phenoxy) is 1. The van der Waals surface area contributed by atoms with Crippen LogP contribution < -0.4 is 5.56 Å². The molecule has 0 unspecified atom stereocenters. The maximum atomic E-state index is 13.9. The predicted molar refractivity (Wildman–Crippen MR) is 108 cm³/mol. The monoisotopic (exact) mass is 406 g/mol. The van der Waals surface area contributed by atoms with Crippen LogP contribution in [0.15, 0.2) is 71.5 Å². The molecule has 0 aliphatic heterocycles. The van der Waals surface area contributed by atoms with E-state index in [2.05, 4.69) is 9.72 Å². The van der Waals surface area contributed by atoms with E-state index in [1.807, 2.05) is 0 Å². The molecule has 1 heterocycles. The second kappa shape index (κ2) is 7.87. The van der Waals surface area contributed by atoms with Crippen molar-refractivity contribution in [2.24, 2.45) is 0 Å². The Bertz CT molecular complexity index is 1300. The second-order valence-electron chi connectivity index (χ2n) is 6.66. The molecule has 0 radical (unpaired) electrons. The summed E-state index contributed by atoms with van der Waals surface area (Å²) < 4.78 is 33.8. The molecule has 4 aromatic rings. The van der Waals surface area contributed by atoms with Crippen molar-refractivity contribution in [3.05, 3.63) is 99.8 Å². The molecule has 0 atom stereocenters. The van der Waals surface area contributed by atoms with Gasteiger partial charge in [0.2, 0.25) is 0 Å². The number of benzene rings is 3. The van der Waals surface area contributed by atoms with Crippen molar-refractivity contribution in [2.75, 3.05) is 7.11 Å². The fraction of sp³-hybridized carbons (Fsp3) is 0.0870. The summed E-state index contributed by atoms with van der Waals surface area (Å²) in [5, 5.41) is 0. The number of hydrogen-bond acceptors (Lipinski definition) is 4. The van der Waals surface area contributed by atoms with Gasteiger partial charge in [-0.05, 0) is 17.7 Å². The van der Waals surface area contributed by atoms with Gasteiger partial charge in [0.1, 0.15) is 5.69 Å². The molecule has 5 nitrogen and oxygen atoms in total. The van der Waals surface area contributed by atoms with Gasteiger partial charge in [-0.2, -0.15) is 0 Å². The van der Waals surface area contributed by atoms with E-state index in [-0.39, 0.29) is 23.3 Å². The van der Waals surface area contributed by atoms with Crippen molar-refractivity contribution < 1.29 is 18.3 Å². The van der Waals surface area contributed by atoms with Crippen molar-refractivity contribution in [2.45, 2.75) is 6.54 Å². The Morgan fingerprint density at radius 1 is 1.00 bits per heavy atom. The smallest absolute Gasteiger partial charge is 0.337 e. The van der Waals surface area contributed by atoms with Crippen LogP contribution in [0, 0.1) is 11.6 Å². The summed E-state index contributed by atoms with van der Waals surface area (Å²) in [5.41, 5.74) is 1.68. The molecule has 1 aromatic heterocycles.